The molecule has 3 atom stereocenters. The predicted molar refractivity (Wildman–Crippen MR) is 63.7 cm³/mol. The first-order valence-corrected chi connectivity index (χ1v) is 5.94. The molecule has 3 unspecified atom stereocenters. The van der Waals surface area contributed by atoms with Crippen LogP contribution in [-0.4, -0.2) is 47.0 Å². The normalized spacial score (nSPS) is 28.1. The van der Waals surface area contributed by atoms with Gasteiger partial charge in [0.2, 0.25) is 0 Å². The van der Waals surface area contributed by atoms with Crippen molar-refractivity contribution in [3.05, 3.63) is 0 Å². The molecule has 0 aromatic rings. The zero-order chi connectivity index (χ0) is 14.1. The fraction of sp³-hybridized carbons (Fsp3) is 0.833. The van der Waals surface area contributed by atoms with Gasteiger partial charge >= 0.3 is 12.1 Å². The summed E-state index contributed by atoms with van der Waals surface area (Å²) in [4.78, 5) is 24.6. The van der Waals surface area contributed by atoms with E-state index in [9.17, 15) is 14.7 Å². The van der Waals surface area contributed by atoms with Crippen molar-refractivity contribution in [1.29, 1.82) is 0 Å². The van der Waals surface area contributed by atoms with E-state index in [-0.39, 0.29) is 5.92 Å². The van der Waals surface area contributed by atoms with Gasteiger partial charge in [-0.05, 0) is 27.2 Å². The molecule has 0 bridgehead atoms. The van der Waals surface area contributed by atoms with Gasteiger partial charge in [0.05, 0.1) is 7.11 Å². The van der Waals surface area contributed by atoms with Crippen LogP contribution < -0.4 is 0 Å². The first-order valence-electron chi connectivity index (χ1n) is 5.94. The number of aliphatic hydroxyl groups is 1. The van der Waals surface area contributed by atoms with E-state index in [1.165, 1.54) is 7.11 Å². The molecule has 1 heterocycles. The minimum Gasteiger partial charge on any atom is -0.467 e. The summed E-state index contributed by atoms with van der Waals surface area (Å²) >= 11 is 0. The van der Waals surface area contributed by atoms with Crippen LogP contribution >= 0.6 is 0 Å². The summed E-state index contributed by atoms with van der Waals surface area (Å²) in [6.45, 7) is 6.95. The molecule has 18 heavy (non-hydrogen) atoms. The van der Waals surface area contributed by atoms with E-state index < -0.39 is 29.9 Å². The van der Waals surface area contributed by atoms with E-state index in [1.807, 2.05) is 0 Å². The van der Waals surface area contributed by atoms with Gasteiger partial charge in [0.1, 0.15) is 17.9 Å². The Balaban J connectivity index is 2.88. The number of nitrogens with zero attached hydrogens (tertiary/aromatic N) is 1. The molecule has 1 rings (SSSR count). The lowest BCUT2D eigenvalue weighted by Gasteiger charge is -2.29. The minimum absolute atomic E-state index is 0.193. The van der Waals surface area contributed by atoms with Crippen LogP contribution in [0.5, 0.6) is 0 Å². The number of esters is 1. The highest BCUT2D eigenvalue weighted by molar-refractivity contribution is 5.82. The van der Waals surface area contributed by atoms with Crippen molar-refractivity contribution in [2.24, 2.45) is 5.92 Å². The van der Waals surface area contributed by atoms with Gasteiger partial charge < -0.3 is 14.6 Å². The SMILES string of the molecule is COC(=O)C1CC(C)C(O)N1C(=O)OC(C)(C)C. The van der Waals surface area contributed by atoms with Crippen LogP contribution in [0.4, 0.5) is 4.79 Å². The molecule has 0 aliphatic carbocycles. The van der Waals surface area contributed by atoms with Gasteiger partial charge in [-0.3, -0.25) is 4.90 Å². The van der Waals surface area contributed by atoms with Crippen molar-refractivity contribution >= 4 is 12.1 Å². The van der Waals surface area contributed by atoms with E-state index in [0.717, 1.165) is 4.90 Å². The lowest BCUT2D eigenvalue weighted by molar-refractivity contribution is -0.148. The standard InChI is InChI=1S/C12H21NO5/c1-7-6-8(10(15)17-5)13(9(7)14)11(16)18-12(2,3)4/h7-9,14H,6H2,1-5H3. The average molecular weight is 259 g/mol. The van der Waals surface area contributed by atoms with Gasteiger partial charge in [0, 0.05) is 5.92 Å². The lowest BCUT2D eigenvalue weighted by Crippen LogP contribution is -2.48. The molecule has 1 saturated heterocycles. The number of likely N-dealkylation sites (tertiary alicyclic amines) is 1. The fourth-order valence-corrected chi connectivity index (χ4v) is 1.94. The molecule has 6 nitrogen and oxygen atoms in total. The number of methoxy groups -OCH3 is 1. The number of hydrogen-bond acceptors (Lipinski definition) is 5. The maximum atomic E-state index is 12.0. The predicted octanol–water partition coefficient (Wildman–Crippen LogP) is 1.12. The van der Waals surface area contributed by atoms with Crippen molar-refractivity contribution in [3.8, 4) is 0 Å². The van der Waals surface area contributed by atoms with Gasteiger partial charge in [-0.15, -0.1) is 0 Å². The molecule has 0 radical (unpaired) electrons. The molecule has 6 heteroatoms. The third-order valence-electron chi connectivity index (χ3n) is 2.80. The summed E-state index contributed by atoms with van der Waals surface area (Å²) in [7, 11) is 1.25. The summed E-state index contributed by atoms with van der Waals surface area (Å²) < 4.78 is 9.83. The van der Waals surface area contributed by atoms with Crippen LogP contribution in [0.3, 0.4) is 0 Å². The largest absolute Gasteiger partial charge is 0.467 e. The number of hydrogen-bond donors (Lipinski definition) is 1. The Bertz CT molecular complexity index is 336. The maximum absolute atomic E-state index is 12.0. The third kappa shape index (κ3) is 3.13. The number of carbonyl (C=O) groups is 2. The number of amides is 1. The summed E-state index contributed by atoms with van der Waals surface area (Å²) in [6.07, 6.45) is -1.36. The quantitative estimate of drug-likeness (QED) is 0.714. The van der Waals surface area contributed by atoms with Crippen molar-refractivity contribution in [1.82, 2.24) is 4.90 Å². The van der Waals surface area contributed by atoms with Crippen LogP contribution in [0.2, 0.25) is 0 Å². The molecule has 1 amide bonds. The molecular formula is C12H21NO5. The van der Waals surface area contributed by atoms with Gasteiger partial charge in [-0.25, -0.2) is 9.59 Å². The van der Waals surface area contributed by atoms with Crippen LogP contribution in [-0.2, 0) is 14.3 Å². The Kier molecular flexibility index (Phi) is 4.21. The van der Waals surface area contributed by atoms with Crippen molar-refractivity contribution < 1.29 is 24.2 Å². The Morgan fingerprint density at radius 1 is 1.33 bits per heavy atom. The molecular weight excluding hydrogens is 238 g/mol. The van der Waals surface area contributed by atoms with Crippen LogP contribution in [0.25, 0.3) is 0 Å². The zero-order valence-corrected chi connectivity index (χ0v) is 11.5. The molecule has 0 spiro atoms. The molecule has 0 aromatic heterocycles. The van der Waals surface area contributed by atoms with Crippen molar-refractivity contribution in [2.75, 3.05) is 7.11 Å². The van der Waals surface area contributed by atoms with Crippen LogP contribution in [0.1, 0.15) is 34.1 Å². The van der Waals surface area contributed by atoms with Crippen molar-refractivity contribution in [2.45, 2.75) is 52.0 Å². The molecule has 1 fully saturated rings. The monoisotopic (exact) mass is 259 g/mol. The molecule has 0 saturated carbocycles. The molecule has 1 aliphatic heterocycles. The van der Waals surface area contributed by atoms with Crippen LogP contribution in [0.15, 0.2) is 0 Å². The number of ether oxygens (including phenoxy) is 2. The summed E-state index contributed by atoms with van der Waals surface area (Å²) in [5.41, 5.74) is -0.677. The fourth-order valence-electron chi connectivity index (χ4n) is 1.94. The van der Waals surface area contributed by atoms with E-state index in [2.05, 4.69) is 4.74 Å². The topological polar surface area (TPSA) is 76.1 Å². The second kappa shape index (κ2) is 5.14. The van der Waals surface area contributed by atoms with Gasteiger partial charge in [0.25, 0.3) is 0 Å². The third-order valence-corrected chi connectivity index (χ3v) is 2.80. The maximum Gasteiger partial charge on any atom is 0.413 e. The number of aliphatic hydroxyl groups excluding tert-OH is 1. The molecule has 104 valence electrons. The van der Waals surface area contributed by atoms with Gasteiger partial charge in [-0.1, -0.05) is 6.92 Å². The van der Waals surface area contributed by atoms with E-state index >= 15 is 0 Å². The first-order chi connectivity index (χ1) is 8.17. The Labute approximate surface area is 107 Å². The summed E-state index contributed by atoms with van der Waals surface area (Å²) in [5, 5.41) is 9.96. The number of rotatable bonds is 1. The highest BCUT2D eigenvalue weighted by Crippen LogP contribution is 2.30. The smallest absolute Gasteiger partial charge is 0.413 e. The van der Waals surface area contributed by atoms with Gasteiger partial charge in [0.15, 0.2) is 0 Å². The Morgan fingerprint density at radius 3 is 2.33 bits per heavy atom. The minimum atomic E-state index is -1.02. The van der Waals surface area contributed by atoms with Crippen molar-refractivity contribution in [3.63, 3.8) is 0 Å². The zero-order valence-electron chi connectivity index (χ0n) is 11.5. The van der Waals surface area contributed by atoms with E-state index in [1.54, 1.807) is 27.7 Å². The Morgan fingerprint density at radius 2 is 1.89 bits per heavy atom. The average Bonchev–Trinajstić information content (AvgIpc) is 2.52. The van der Waals surface area contributed by atoms with Crippen LogP contribution in [0, 0.1) is 5.92 Å². The lowest BCUT2D eigenvalue weighted by atomic mass is 10.1. The summed E-state index contributed by atoms with van der Waals surface area (Å²) in [6, 6.07) is -0.783. The van der Waals surface area contributed by atoms with Gasteiger partial charge in [-0.2, -0.15) is 0 Å². The first kappa shape index (κ1) is 14.8. The molecule has 1 aliphatic rings. The van der Waals surface area contributed by atoms with E-state index in [4.69, 9.17) is 4.74 Å². The second-order valence-corrected chi connectivity index (χ2v) is 5.55. The second-order valence-electron chi connectivity index (χ2n) is 5.55. The Hall–Kier alpha value is -1.30. The molecule has 1 N–H and O–H groups in total. The highest BCUT2D eigenvalue weighted by Gasteiger charge is 2.46. The van der Waals surface area contributed by atoms with E-state index in [0.29, 0.717) is 6.42 Å². The number of carbonyl (C=O) groups excluding carboxylic acids is 2. The summed E-state index contributed by atoms with van der Waals surface area (Å²) in [5.74, 6) is -0.731. The highest BCUT2D eigenvalue weighted by atomic mass is 16.6. The molecule has 0 aromatic carbocycles.